The topological polar surface area (TPSA) is 85.2 Å². The van der Waals surface area contributed by atoms with E-state index in [1.165, 1.54) is 7.11 Å². The molecular formula is C23H44O6. The summed E-state index contributed by atoms with van der Waals surface area (Å²) < 4.78 is 15.7. The first-order chi connectivity index (χ1) is 14.2. The predicted molar refractivity (Wildman–Crippen MR) is 116 cm³/mol. The molecule has 6 heteroatoms. The maximum atomic E-state index is 11.0. The van der Waals surface area contributed by atoms with Crippen LogP contribution in [0.3, 0.4) is 0 Å². The number of methoxy groups -OCH3 is 1. The highest BCUT2D eigenvalue weighted by molar-refractivity contribution is 5.68. The van der Waals surface area contributed by atoms with Crippen molar-refractivity contribution in [1.29, 1.82) is 0 Å². The van der Waals surface area contributed by atoms with E-state index >= 15 is 0 Å². The Labute approximate surface area is 177 Å². The zero-order chi connectivity index (χ0) is 21.6. The SMILES string of the molecule is CCCCCC(O)C(C/C=C\CCCCCCCC(=O)OC)OCCOCCO. The third-order valence-electron chi connectivity index (χ3n) is 4.84. The Morgan fingerprint density at radius 1 is 0.966 bits per heavy atom. The van der Waals surface area contributed by atoms with Crippen LogP contribution in [0.5, 0.6) is 0 Å². The van der Waals surface area contributed by atoms with Crippen molar-refractivity contribution >= 4 is 5.97 Å². The fraction of sp³-hybridized carbons (Fsp3) is 0.870. The van der Waals surface area contributed by atoms with Crippen molar-refractivity contribution in [2.24, 2.45) is 0 Å². The van der Waals surface area contributed by atoms with E-state index in [-0.39, 0.29) is 18.7 Å². The van der Waals surface area contributed by atoms with Crippen LogP contribution in [0.4, 0.5) is 0 Å². The summed E-state index contributed by atoms with van der Waals surface area (Å²) in [7, 11) is 1.43. The van der Waals surface area contributed by atoms with E-state index in [9.17, 15) is 9.90 Å². The van der Waals surface area contributed by atoms with Gasteiger partial charge in [-0.1, -0.05) is 57.6 Å². The summed E-state index contributed by atoms with van der Waals surface area (Å²) in [5.41, 5.74) is 0. The molecule has 2 atom stereocenters. The van der Waals surface area contributed by atoms with Crippen molar-refractivity contribution in [1.82, 2.24) is 0 Å². The van der Waals surface area contributed by atoms with Gasteiger partial charge in [0.1, 0.15) is 0 Å². The maximum absolute atomic E-state index is 11.0. The minimum Gasteiger partial charge on any atom is -0.469 e. The van der Waals surface area contributed by atoms with Crippen molar-refractivity contribution < 1.29 is 29.2 Å². The molecule has 0 bridgehead atoms. The molecule has 2 N–H and O–H groups in total. The molecule has 0 saturated carbocycles. The molecule has 0 aliphatic heterocycles. The average Bonchev–Trinajstić information content (AvgIpc) is 2.73. The summed E-state index contributed by atoms with van der Waals surface area (Å²) in [6.07, 6.45) is 15.3. The number of unbranched alkanes of at least 4 members (excludes halogenated alkanes) is 7. The summed E-state index contributed by atoms with van der Waals surface area (Å²) in [6.45, 7) is 3.33. The first-order valence-electron chi connectivity index (χ1n) is 11.4. The number of allylic oxidation sites excluding steroid dienone is 1. The molecule has 0 aliphatic carbocycles. The number of hydrogen-bond donors (Lipinski definition) is 2. The van der Waals surface area contributed by atoms with Crippen molar-refractivity contribution in [3.8, 4) is 0 Å². The van der Waals surface area contributed by atoms with Gasteiger partial charge in [0.25, 0.3) is 0 Å². The Morgan fingerprint density at radius 2 is 1.72 bits per heavy atom. The molecule has 0 heterocycles. The van der Waals surface area contributed by atoms with Gasteiger partial charge < -0.3 is 24.4 Å². The lowest BCUT2D eigenvalue weighted by atomic mass is 10.0. The van der Waals surface area contributed by atoms with E-state index in [1.54, 1.807) is 0 Å². The van der Waals surface area contributed by atoms with Crippen LogP contribution in [0.15, 0.2) is 12.2 Å². The van der Waals surface area contributed by atoms with Crippen LogP contribution in [0.2, 0.25) is 0 Å². The van der Waals surface area contributed by atoms with Crippen molar-refractivity contribution in [3.05, 3.63) is 12.2 Å². The molecule has 0 aromatic heterocycles. The molecule has 0 radical (unpaired) electrons. The van der Waals surface area contributed by atoms with Gasteiger partial charge >= 0.3 is 5.97 Å². The monoisotopic (exact) mass is 416 g/mol. The fourth-order valence-corrected chi connectivity index (χ4v) is 3.06. The standard InChI is InChI=1S/C23H44O6/c1-3-4-11-14-21(25)22(29-20-19-28-18-17-24)15-12-9-7-5-6-8-10-13-16-23(26)27-2/h9,12,21-22,24-25H,3-8,10-11,13-20H2,1-2H3/b12-9-. The van der Waals surface area contributed by atoms with Gasteiger partial charge in [0.2, 0.25) is 0 Å². The Hall–Kier alpha value is -0.950. The van der Waals surface area contributed by atoms with E-state index in [0.717, 1.165) is 64.2 Å². The molecule has 0 amide bonds. The van der Waals surface area contributed by atoms with Gasteiger partial charge in [-0.05, 0) is 32.1 Å². The van der Waals surface area contributed by atoms with E-state index in [1.807, 2.05) is 0 Å². The normalized spacial score (nSPS) is 13.7. The largest absolute Gasteiger partial charge is 0.469 e. The van der Waals surface area contributed by atoms with Crippen LogP contribution in [-0.2, 0) is 19.0 Å². The zero-order valence-electron chi connectivity index (χ0n) is 18.7. The van der Waals surface area contributed by atoms with Gasteiger partial charge in [-0.3, -0.25) is 4.79 Å². The Balaban J connectivity index is 3.97. The van der Waals surface area contributed by atoms with E-state index in [4.69, 9.17) is 14.6 Å². The van der Waals surface area contributed by atoms with Gasteiger partial charge in [-0.15, -0.1) is 0 Å². The molecule has 0 fully saturated rings. The fourth-order valence-electron chi connectivity index (χ4n) is 3.06. The van der Waals surface area contributed by atoms with E-state index < -0.39 is 6.10 Å². The number of rotatable bonds is 21. The molecule has 0 saturated heterocycles. The van der Waals surface area contributed by atoms with Crippen LogP contribution in [0, 0.1) is 0 Å². The van der Waals surface area contributed by atoms with Gasteiger partial charge in [0, 0.05) is 6.42 Å². The highest BCUT2D eigenvalue weighted by atomic mass is 16.5. The lowest BCUT2D eigenvalue weighted by Gasteiger charge is -2.22. The number of esters is 1. The number of aliphatic hydroxyl groups is 2. The highest BCUT2D eigenvalue weighted by Gasteiger charge is 2.18. The van der Waals surface area contributed by atoms with Crippen LogP contribution in [0.25, 0.3) is 0 Å². The first-order valence-corrected chi connectivity index (χ1v) is 11.4. The average molecular weight is 417 g/mol. The molecule has 6 nitrogen and oxygen atoms in total. The highest BCUT2D eigenvalue weighted by Crippen LogP contribution is 2.14. The maximum Gasteiger partial charge on any atom is 0.305 e. The Kier molecular flexibility index (Phi) is 21.0. The molecule has 172 valence electrons. The molecule has 0 rings (SSSR count). The minimum atomic E-state index is -0.459. The van der Waals surface area contributed by atoms with Crippen LogP contribution >= 0.6 is 0 Å². The molecule has 2 unspecified atom stereocenters. The molecule has 0 aromatic carbocycles. The quantitative estimate of drug-likeness (QED) is 0.166. The molecule has 0 spiro atoms. The summed E-state index contributed by atoms with van der Waals surface area (Å²) >= 11 is 0. The van der Waals surface area contributed by atoms with Crippen LogP contribution in [0.1, 0.15) is 84.0 Å². The van der Waals surface area contributed by atoms with Gasteiger partial charge in [-0.2, -0.15) is 0 Å². The molecule has 0 aliphatic rings. The Bertz CT molecular complexity index is 386. The van der Waals surface area contributed by atoms with Gasteiger partial charge in [0.05, 0.1) is 45.7 Å². The molecule has 0 aromatic rings. The summed E-state index contributed by atoms with van der Waals surface area (Å²) in [5, 5.41) is 19.2. The number of hydrogen-bond acceptors (Lipinski definition) is 6. The van der Waals surface area contributed by atoms with Crippen LogP contribution in [-0.4, -0.2) is 61.9 Å². The summed E-state index contributed by atoms with van der Waals surface area (Å²) in [4.78, 5) is 11.0. The summed E-state index contributed by atoms with van der Waals surface area (Å²) in [6, 6.07) is 0. The first kappa shape index (κ1) is 28.1. The molecular weight excluding hydrogens is 372 g/mol. The second-order valence-electron chi connectivity index (χ2n) is 7.40. The van der Waals surface area contributed by atoms with Gasteiger partial charge in [-0.25, -0.2) is 0 Å². The van der Waals surface area contributed by atoms with Crippen molar-refractivity contribution in [3.63, 3.8) is 0 Å². The number of aliphatic hydroxyl groups excluding tert-OH is 2. The van der Waals surface area contributed by atoms with Gasteiger partial charge in [0.15, 0.2) is 0 Å². The van der Waals surface area contributed by atoms with E-state index in [0.29, 0.717) is 32.7 Å². The Morgan fingerprint density at radius 3 is 2.45 bits per heavy atom. The number of carbonyl (C=O) groups excluding carboxylic acids is 1. The number of ether oxygens (including phenoxy) is 3. The lowest BCUT2D eigenvalue weighted by molar-refractivity contribution is -0.140. The van der Waals surface area contributed by atoms with Crippen molar-refractivity contribution in [2.45, 2.75) is 96.2 Å². The smallest absolute Gasteiger partial charge is 0.305 e. The second-order valence-corrected chi connectivity index (χ2v) is 7.40. The van der Waals surface area contributed by atoms with Crippen molar-refractivity contribution in [2.75, 3.05) is 33.5 Å². The number of carbonyl (C=O) groups is 1. The van der Waals surface area contributed by atoms with E-state index in [2.05, 4.69) is 23.8 Å². The minimum absolute atomic E-state index is 0.0110. The zero-order valence-corrected chi connectivity index (χ0v) is 18.7. The predicted octanol–water partition coefficient (Wildman–Crippen LogP) is 4.17. The third kappa shape index (κ3) is 18.8. The summed E-state index contributed by atoms with van der Waals surface area (Å²) in [5.74, 6) is -0.124. The second kappa shape index (κ2) is 21.8. The third-order valence-corrected chi connectivity index (χ3v) is 4.84. The lowest BCUT2D eigenvalue weighted by Crippen LogP contribution is -2.30. The van der Waals surface area contributed by atoms with Crippen LogP contribution < -0.4 is 0 Å². The molecule has 29 heavy (non-hydrogen) atoms.